The zero-order valence-electron chi connectivity index (χ0n) is 22.2. The van der Waals surface area contributed by atoms with Crippen LogP contribution in [-0.2, 0) is 16.8 Å². The van der Waals surface area contributed by atoms with Gasteiger partial charge in [-0.2, -0.15) is 0 Å². The zero-order valence-corrected chi connectivity index (χ0v) is 22.2. The van der Waals surface area contributed by atoms with Gasteiger partial charge in [0.2, 0.25) is 5.91 Å². The molecule has 0 saturated heterocycles. The smallest absolute Gasteiger partial charge is 0.227 e. The molecule has 190 valence electrons. The fraction of sp³-hybridized carbons (Fsp3) is 0.312. The molecule has 1 aromatic heterocycles. The highest BCUT2D eigenvalue weighted by atomic mass is 16.5. The van der Waals surface area contributed by atoms with Gasteiger partial charge in [0, 0.05) is 30.3 Å². The Labute approximate surface area is 218 Å². The Bertz CT molecular complexity index is 1490. The maximum absolute atomic E-state index is 13.3. The highest BCUT2D eigenvalue weighted by molar-refractivity contribution is 6.14. The molecule has 1 heterocycles. The molecule has 4 aromatic rings. The van der Waals surface area contributed by atoms with E-state index in [1.165, 1.54) is 5.56 Å². The van der Waals surface area contributed by atoms with Crippen molar-refractivity contribution in [3.8, 4) is 16.9 Å². The number of carbonyl (C=O) groups is 2. The lowest BCUT2D eigenvalue weighted by molar-refractivity contribution is -0.117. The molecule has 0 spiro atoms. The number of Topliss-reactive ketones (excluding diaryl/α,β-unsaturated/α-hetero) is 1. The SMILES string of the molecule is COc1cccc(Cn2c(C(C)=O)c(-c3ccc(C(C)(C)C)cc3)c3cccc(NC(=O)C4CC4)c32)c1. The summed E-state index contributed by atoms with van der Waals surface area (Å²) < 4.78 is 7.50. The van der Waals surface area contributed by atoms with Gasteiger partial charge >= 0.3 is 0 Å². The van der Waals surface area contributed by atoms with Gasteiger partial charge in [0.05, 0.1) is 24.0 Å². The van der Waals surface area contributed by atoms with Gasteiger partial charge in [-0.1, -0.05) is 69.3 Å². The summed E-state index contributed by atoms with van der Waals surface area (Å²) in [6.07, 6.45) is 1.85. The summed E-state index contributed by atoms with van der Waals surface area (Å²) in [5.74, 6) is 0.864. The average molecular weight is 495 g/mol. The number of amides is 1. The summed E-state index contributed by atoms with van der Waals surface area (Å²) in [6.45, 7) is 8.66. The van der Waals surface area contributed by atoms with Gasteiger partial charge in [0.25, 0.3) is 0 Å². The van der Waals surface area contributed by atoms with E-state index in [9.17, 15) is 9.59 Å². The lowest BCUT2D eigenvalue weighted by Crippen LogP contribution is -2.15. The molecule has 1 saturated carbocycles. The van der Waals surface area contributed by atoms with Crippen molar-refractivity contribution in [3.63, 3.8) is 0 Å². The first-order chi connectivity index (χ1) is 17.7. The van der Waals surface area contributed by atoms with Crippen LogP contribution >= 0.6 is 0 Å². The van der Waals surface area contributed by atoms with E-state index in [1.54, 1.807) is 14.0 Å². The van der Waals surface area contributed by atoms with Crippen LogP contribution in [0.15, 0.2) is 66.7 Å². The Morgan fingerprint density at radius 3 is 2.32 bits per heavy atom. The second-order valence-electron chi connectivity index (χ2n) is 11.0. The van der Waals surface area contributed by atoms with Crippen molar-refractivity contribution in [3.05, 3.63) is 83.6 Å². The third-order valence-corrected chi connectivity index (χ3v) is 7.14. The largest absolute Gasteiger partial charge is 0.497 e. The van der Waals surface area contributed by atoms with Crippen molar-refractivity contribution >= 4 is 28.3 Å². The fourth-order valence-electron chi connectivity index (χ4n) is 5.00. The number of nitrogens with one attached hydrogen (secondary N) is 1. The molecule has 37 heavy (non-hydrogen) atoms. The first kappa shape index (κ1) is 24.8. The molecular weight excluding hydrogens is 460 g/mol. The molecule has 1 aliphatic carbocycles. The number of ketones is 1. The van der Waals surface area contributed by atoms with Crippen LogP contribution in [0, 0.1) is 5.92 Å². The standard InChI is InChI=1S/C32H34N2O3/c1-20(35)29-28(22-14-16-24(17-15-22)32(2,3)4)26-10-7-11-27(33-31(36)23-12-13-23)30(26)34(29)19-21-8-6-9-25(18-21)37-5/h6-11,14-18,23H,12-13,19H2,1-5H3,(H,33,36). The topological polar surface area (TPSA) is 60.3 Å². The molecule has 0 aliphatic heterocycles. The van der Waals surface area contributed by atoms with Crippen molar-refractivity contribution in [2.75, 3.05) is 12.4 Å². The van der Waals surface area contributed by atoms with Gasteiger partial charge in [-0.25, -0.2) is 0 Å². The van der Waals surface area contributed by atoms with Gasteiger partial charge in [0.1, 0.15) is 5.75 Å². The number of hydrogen-bond donors (Lipinski definition) is 1. The number of benzene rings is 3. The number of aromatic nitrogens is 1. The fourth-order valence-corrected chi connectivity index (χ4v) is 5.00. The second kappa shape index (κ2) is 9.55. The maximum Gasteiger partial charge on any atom is 0.227 e. The summed E-state index contributed by atoms with van der Waals surface area (Å²) in [6, 6.07) is 22.3. The molecule has 0 radical (unpaired) electrons. The van der Waals surface area contributed by atoms with E-state index in [4.69, 9.17) is 4.74 Å². The number of methoxy groups -OCH3 is 1. The van der Waals surface area contributed by atoms with Crippen LogP contribution in [0.1, 0.15) is 62.2 Å². The predicted octanol–water partition coefficient (Wildman–Crippen LogP) is 7.21. The number of anilines is 1. The lowest BCUT2D eigenvalue weighted by atomic mass is 9.86. The maximum atomic E-state index is 13.3. The van der Waals surface area contributed by atoms with Crippen LogP contribution < -0.4 is 10.1 Å². The Morgan fingerprint density at radius 2 is 1.70 bits per heavy atom. The van der Waals surface area contributed by atoms with E-state index in [1.807, 2.05) is 42.5 Å². The third-order valence-electron chi connectivity index (χ3n) is 7.14. The molecule has 3 aromatic carbocycles. The van der Waals surface area contributed by atoms with Crippen molar-refractivity contribution in [1.29, 1.82) is 0 Å². The molecule has 1 aliphatic rings. The van der Waals surface area contributed by atoms with Crippen LogP contribution in [0.2, 0.25) is 0 Å². The van der Waals surface area contributed by atoms with E-state index < -0.39 is 0 Å². The molecule has 1 amide bonds. The Kier molecular flexibility index (Phi) is 6.40. The number of rotatable bonds is 7. The lowest BCUT2D eigenvalue weighted by Gasteiger charge is -2.19. The Balaban J connectivity index is 1.75. The summed E-state index contributed by atoms with van der Waals surface area (Å²) >= 11 is 0. The highest BCUT2D eigenvalue weighted by Gasteiger charge is 2.31. The highest BCUT2D eigenvalue weighted by Crippen LogP contribution is 2.40. The minimum Gasteiger partial charge on any atom is -0.497 e. The van der Waals surface area contributed by atoms with Gasteiger partial charge in [-0.3, -0.25) is 9.59 Å². The summed E-state index contributed by atoms with van der Waals surface area (Å²) in [7, 11) is 1.65. The third kappa shape index (κ3) is 4.91. The first-order valence-electron chi connectivity index (χ1n) is 12.9. The molecule has 0 bridgehead atoms. The molecule has 5 rings (SSSR count). The minimum absolute atomic E-state index is 0.0199. The first-order valence-corrected chi connectivity index (χ1v) is 12.9. The van der Waals surface area contributed by atoms with Crippen molar-refractivity contribution in [2.45, 2.75) is 52.5 Å². The molecule has 5 heteroatoms. The number of fused-ring (bicyclic) bond motifs is 1. The summed E-state index contributed by atoms with van der Waals surface area (Å²) in [5, 5.41) is 4.11. The number of para-hydroxylation sites is 1. The van der Waals surface area contributed by atoms with E-state index >= 15 is 0 Å². The molecule has 0 unspecified atom stereocenters. The predicted molar refractivity (Wildman–Crippen MR) is 150 cm³/mol. The molecule has 1 N–H and O–H groups in total. The molecule has 0 atom stereocenters. The summed E-state index contributed by atoms with van der Waals surface area (Å²) in [4.78, 5) is 26.1. The van der Waals surface area contributed by atoms with Crippen LogP contribution in [0.25, 0.3) is 22.0 Å². The normalized spacial score (nSPS) is 13.5. The van der Waals surface area contributed by atoms with Crippen LogP contribution in [0.3, 0.4) is 0 Å². The number of hydrogen-bond acceptors (Lipinski definition) is 3. The van der Waals surface area contributed by atoms with E-state index in [0.29, 0.717) is 12.2 Å². The van der Waals surface area contributed by atoms with E-state index in [0.717, 1.165) is 51.9 Å². The van der Waals surface area contributed by atoms with Gasteiger partial charge in [-0.15, -0.1) is 0 Å². The van der Waals surface area contributed by atoms with E-state index in [-0.39, 0.29) is 23.0 Å². The number of ether oxygens (including phenoxy) is 1. The molecule has 1 fully saturated rings. The molecule has 5 nitrogen and oxygen atoms in total. The quantitative estimate of drug-likeness (QED) is 0.276. The second-order valence-corrected chi connectivity index (χ2v) is 11.0. The number of nitrogens with zero attached hydrogens (tertiary/aromatic N) is 1. The number of carbonyl (C=O) groups excluding carboxylic acids is 2. The van der Waals surface area contributed by atoms with Crippen molar-refractivity contribution in [1.82, 2.24) is 4.57 Å². The van der Waals surface area contributed by atoms with Crippen LogP contribution in [0.5, 0.6) is 5.75 Å². The monoisotopic (exact) mass is 494 g/mol. The molecular formula is C32H34N2O3. The Hall–Kier alpha value is -3.86. The average Bonchev–Trinajstić information content (AvgIpc) is 3.67. The van der Waals surface area contributed by atoms with Crippen LogP contribution in [-0.4, -0.2) is 23.4 Å². The summed E-state index contributed by atoms with van der Waals surface area (Å²) in [5.41, 5.74) is 6.38. The van der Waals surface area contributed by atoms with Gasteiger partial charge < -0.3 is 14.6 Å². The minimum atomic E-state index is -0.0199. The van der Waals surface area contributed by atoms with Crippen LogP contribution in [0.4, 0.5) is 5.69 Å². The van der Waals surface area contributed by atoms with E-state index in [2.05, 4.69) is 54.9 Å². The van der Waals surface area contributed by atoms with Crippen molar-refractivity contribution < 1.29 is 14.3 Å². The van der Waals surface area contributed by atoms with Gasteiger partial charge in [-0.05, 0) is 53.1 Å². The van der Waals surface area contributed by atoms with Gasteiger partial charge in [0.15, 0.2) is 5.78 Å². The zero-order chi connectivity index (χ0) is 26.3. The van der Waals surface area contributed by atoms with Crippen molar-refractivity contribution in [2.24, 2.45) is 5.92 Å². The Morgan fingerprint density at radius 1 is 1.00 bits per heavy atom.